The van der Waals surface area contributed by atoms with Crippen LogP contribution in [0.3, 0.4) is 0 Å². The Labute approximate surface area is 151 Å². The monoisotopic (exact) mass is 346 g/mol. The van der Waals surface area contributed by atoms with Crippen molar-refractivity contribution in [1.29, 1.82) is 0 Å². The summed E-state index contributed by atoms with van der Waals surface area (Å²) in [6.07, 6.45) is 1.52. The van der Waals surface area contributed by atoms with Crippen molar-refractivity contribution in [1.82, 2.24) is 9.97 Å². The van der Waals surface area contributed by atoms with Gasteiger partial charge in [-0.15, -0.1) is 0 Å². The number of carbonyl (C=O) groups excluding carboxylic acids is 2. The minimum absolute atomic E-state index is 0.0250. The van der Waals surface area contributed by atoms with Gasteiger partial charge in [-0.3, -0.25) is 9.59 Å². The molecule has 6 heteroatoms. The van der Waals surface area contributed by atoms with Crippen LogP contribution in [0.1, 0.15) is 27.8 Å². The molecule has 0 spiro atoms. The van der Waals surface area contributed by atoms with Gasteiger partial charge in [0.05, 0.1) is 0 Å². The van der Waals surface area contributed by atoms with Gasteiger partial charge in [0.1, 0.15) is 5.69 Å². The van der Waals surface area contributed by atoms with Gasteiger partial charge in [-0.2, -0.15) is 0 Å². The molecule has 0 unspecified atom stereocenters. The smallest absolute Gasteiger partial charge is 0.276 e. The lowest BCUT2D eigenvalue weighted by Gasteiger charge is -2.17. The van der Waals surface area contributed by atoms with Gasteiger partial charge in [-0.25, -0.2) is 9.97 Å². The summed E-state index contributed by atoms with van der Waals surface area (Å²) in [5, 5.41) is 3.03. The first kappa shape index (κ1) is 17.3. The van der Waals surface area contributed by atoms with E-state index in [1.807, 2.05) is 30.3 Å². The van der Waals surface area contributed by atoms with Crippen LogP contribution in [0.2, 0.25) is 0 Å². The summed E-state index contributed by atoms with van der Waals surface area (Å²) in [6, 6.07) is 17.9. The van der Waals surface area contributed by atoms with Crippen LogP contribution >= 0.6 is 0 Å². The number of Topliss-reactive ketones (excluding diaryl/α,β-unsaturated/α-hetero) is 1. The Bertz CT molecular complexity index is 941. The zero-order valence-electron chi connectivity index (χ0n) is 14.5. The molecule has 2 aromatic carbocycles. The third kappa shape index (κ3) is 3.92. The first-order valence-corrected chi connectivity index (χ1v) is 8.09. The first-order valence-electron chi connectivity index (χ1n) is 8.09. The topological polar surface area (TPSA) is 75.2 Å². The van der Waals surface area contributed by atoms with Gasteiger partial charge in [-0.1, -0.05) is 30.3 Å². The zero-order valence-corrected chi connectivity index (χ0v) is 14.5. The highest BCUT2D eigenvalue weighted by molar-refractivity contribution is 6.04. The van der Waals surface area contributed by atoms with E-state index < -0.39 is 0 Å². The van der Waals surface area contributed by atoms with Crippen LogP contribution < -0.4 is 10.2 Å². The number of benzene rings is 2. The number of aromatic nitrogens is 2. The van der Waals surface area contributed by atoms with Gasteiger partial charge in [-0.05, 0) is 37.3 Å². The highest BCUT2D eigenvalue weighted by atomic mass is 16.2. The van der Waals surface area contributed by atoms with Crippen LogP contribution in [0.5, 0.6) is 0 Å². The van der Waals surface area contributed by atoms with Crippen LogP contribution in [0.4, 0.5) is 17.3 Å². The van der Waals surface area contributed by atoms with Gasteiger partial charge < -0.3 is 10.2 Å². The Morgan fingerprint density at radius 1 is 1.00 bits per heavy atom. The minimum atomic E-state index is -0.237. The Morgan fingerprint density at radius 2 is 1.77 bits per heavy atom. The van der Waals surface area contributed by atoms with E-state index in [2.05, 4.69) is 15.3 Å². The molecule has 0 atom stereocenters. The molecule has 26 heavy (non-hydrogen) atoms. The number of para-hydroxylation sites is 1. The zero-order chi connectivity index (χ0) is 18.5. The molecule has 1 heterocycles. The number of carbonyl (C=O) groups is 2. The third-order valence-corrected chi connectivity index (χ3v) is 3.85. The van der Waals surface area contributed by atoms with Crippen LogP contribution in [0.25, 0.3) is 0 Å². The summed E-state index contributed by atoms with van der Waals surface area (Å²) in [4.78, 5) is 34.1. The predicted molar refractivity (Wildman–Crippen MR) is 101 cm³/mol. The maximum atomic E-state index is 12.7. The third-order valence-electron chi connectivity index (χ3n) is 3.85. The second-order valence-electron chi connectivity index (χ2n) is 5.73. The fraction of sp³-hybridized carbons (Fsp3) is 0.100. The second-order valence-corrected chi connectivity index (χ2v) is 5.73. The summed E-state index contributed by atoms with van der Waals surface area (Å²) in [6.45, 7) is 1.51. The molecule has 1 amide bonds. The molecule has 3 rings (SSSR count). The number of anilines is 3. The van der Waals surface area contributed by atoms with Crippen LogP contribution in [-0.2, 0) is 0 Å². The molecular weight excluding hydrogens is 328 g/mol. The van der Waals surface area contributed by atoms with Crippen molar-refractivity contribution in [2.45, 2.75) is 6.92 Å². The number of rotatable bonds is 5. The van der Waals surface area contributed by atoms with E-state index in [0.717, 1.165) is 5.69 Å². The summed E-state index contributed by atoms with van der Waals surface area (Å²) in [5.41, 5.74) is 2.32. The highest BCUT2D eigenvalue weighted by Crippen LogP contribution is 2.17. The Balaban J connectivity index is 1.81. The molecule has 0 aliphatic carbocycles. The van der Waals surface area contributed by atoms with E-state index in [1.54, 1.807) is 37.4 Å². The molecule has 1 N–H and O–H groups in total. The molecule has 0 aliphatic rings. The fourth-order valence-electron chi connectivity index (χ4n) is 2.42. The second kappa shape index (κ2) is 7.57. The van der Waals surface area contributed by atoms with Gasteiger partial charge in [0.25, 0.3) is 5.91 Å². The van der Waals surface area contributed by atoms with Gasteiger partial charge in [0.15, 0.2) is 5.78 Å². The molecule has 0 fully saturated rings. The predicted octanol–water partition coefficient (Wildman–Crippen LogP) is 3.70. The SMILES string of the molecule is CC(=O)c1cccc(Nc2nccc(C(=O)N(C)c3ccccc3)n2)c1. The van der Waals surface area contributed by atoms with Crippen molar-refractivity contribution in [3.8, 4) is 0 Å². The van der Waals surface area contributed by atoms with Crippen LogP contribution in [-0.4, -0.2) is 28.7 Å². The number of hydrogen-bond donors (Lipinski definition) is 1. The molecule has 0 bridgehead atoms. The number of nitrogens with zero attached hydrogens (tertiary/aromatic N) is 3. The first-order chi connectivity index (χ1) is 12.5. The maximum absolute atomic E-state index is 12.7. The number of amides is 1. The summed E-state index contributed by atoms with van der Waals surface area (Å²) >= 11 is 0. The molecule has 0 saturated carbocycles. The van der Waals surface area contributed by atoms with Gasteiger partial charge in [0, 0.05) is 30.2 Å². The average molecular weight is 346 g/mol. The van der Waals surface area contributed by atoms with Crippen LogP contribution in [0, 0.1) is 0 Å². The highest BCUT2D eigenvalue weighted by Gasteiger charge is 2.15. The standard InChI is InChI=1S/C20H18N4O2/c1-14(25)15-7-6-8-16(13-15)22-20-21-12-11-18(23-20)19(26)24(2)17-9-4-3-5-10-17/h3-13H,1-2H3,(H,21,22,23). The summed E-state index contributed by atoms with van der Waals surface area (Å²) in [7, 11) is 1.70. The van der Waals surface area contributed by atoms with Crippen molar-refractivity contribution >= 4 is 29.0 Å². The average Bonchev–Trinajstić information content (AvgIpc) is 2.68. The van der Waals surface area contributed by atoms with Crippen LogP contribution in [0.15, 0.2) is 66.9 Å². The Morgan fingerprint density at radius 3 is 2.50 bits per heavy atom. The van der Waals surface area contributed by atoms with E-state index in [0.29, 0.717) is 11.3 Å². The van der Waals surface area contributed by atoms with E-state index in [4.69, 9.17) is 0 Å². The Kier molecular flexibility index (Phi) is 5.03. The van der Waals surface area contributed by atoms with Gasteiger partial charge in [0.2, 0.25) is 5.95 Å². The van der Waals surface area contributed by atoms with E-state index in [-0.39, 0.29) is 23.3 Å². The van der Waals surface area contributed by atoms with Crippen molar-refractivity contribution in [2.75, 3.05) is 17.3 Å². The lowest BCUT2D eigenvalue weighted by molar-refractivity contribution is 0.0986. The van der Waals surface area contributed by atoms with E-state index in [9.17, 15) is 9.59 Å². The summed E-state index contributed by atoms with van der Waals surface area (Å²) in [5.74, 6) is 0.0279. The lowest BCUT2D eigenvalue weighted by atomic mass is 10.1. The van der Waals surface area contributed by atoms with E-state index in [1.165, 1.54) is 18.0 Å². The van der Waals surface area contributed by atoms with Crippen molar-refractivity contribution in [3.05, 3.63) is 78.1 Å². The number of ketones is 1. The molecule has 0 radical (unpaired) electrons. The quantitative estimate of drug-likeness (QED) is 0.713. The Hall–Kier alpha value is -3.54. The number of nitrogens with one attached hydrogen (secondary N) is 1. The molecule has 130 valence electrons. The molecule has 0 aliphatic heterocycles. The molecular formula is C20H18N4O2. The van der Waals surface area contributed by atoms with Gasteiger partial charge >= 0.3 is 0 Å². The van der Waals surface area contributed by atoms with Crippen molar-refractivity contribution < 1.29 is 9.59 Å². The van der Waals surface area contributed by atoms with Crippen molar-refractivity contribution in [3.63, 3.8) is 0 Å². The number of hydrogen-bond acceptors (Lipinski definition) is 5. The lowest BCUT2D eigenvalue weighted by Crippen LogP contribution is -2.27. The normalized spacial score (nSPS) is 10.2. The summed E-state index contributed by atoms with van der Waals surface area (Å²) < 4.78 is 0. The minimum Gasteiger partial charge on any atom is -0.324 e. The van der Waals surface area contributed by atoms with E-state index >= 15 is 0 Å². The maximum Gasteiger partial charge on any atom is 0.276 e. The molecule has 1 aromatic heterocycles. The largest absolute Gasteiger partial charge is 0.324 e. The van der Waals surface area contributed by atoms with Crippen molar-refractivity contribution in [2.24, 2.45) is 0 Å². The molecule has 0 saturated heterocycles. The fourth-order valence-corrected chi connectivity index (χ4v) is 2.42. The molecule has 3 aromatic rings. The molecule has 6 nitrogen and oxygen atoms in total.